The number of rotatable bonds is 4. The zero-order chi connectivity index (χ0) is 13.1. The third-order valence-electron chi connectivity index (χ3n) is 3.62. The zero-order valence-electron chi connectivity index (χ0n) is 10.7. The van der Waals surface area contributed by atoms with Crippen molar-refractivity contribution in [1.29, 1.82) is 0 Å². The first kappa shape index (κ1) is 12.9. The number of carbonyl (C=O) groups is 1. The van der Waals surface area contributed by atoms with Crippen LogP contribution in [0, 0.1) is 11.7 Å². The van der Waals surface area contributed by atoms with Crippen LogP contribution in [0.25, 0.3) is 0 Å². The van der Waals surface area contributed by atoms with Gasteiger partial charge in [-0.05, 0) is 43.9 Å². The SMILES string of the molecule is CCN(CC1CCC1)C(=O)c1ccc(F)c(N)c1. The molecule has 1 fully saturated rings. The second kappa shape index (κ2) is 5.38. The van der Waals surface area contributed by atoms with E-state index in [-0.39, 0.29) is 11.6 Å². The Hall–Kier alpha value is -1.58. The fourth-order valence-corrected chi connectivity index (χ4v) is 2.20. The Balaban J connectivity index is 2.09. The summed E-state index contributed by atoms with van der Waals surface area (Å²) in [7, 11) is 0. The van der Waals surface area contributed by atoms with Crippen LogP contribution in [-0.4, -0.2) is 23.9 Å². The Morgan fingerprint density at radius 2 is 2.22 bits per heavy atom. The number of amides is 1. The van der Waals surface area contributed by atoms with Crippen molar-refractivity contribution in [1.82, 2.24) is 4.90 Å². The number of hydrogen-bond donors (Lipinski definition) is 1. The number of nitrogen functional groups attached to an aromatic ring is 1. The summed E-state index contributed by atoms with van der Waals surface area (Å²) >= 11 is 0. The summed E-state index contributed by atoms with van der Waals surface area (Å²) in [5, 5.41) is 0. The zero-order valence-corrected chi connectivity index (χ0v) is 10.7. The molecule has 0 saturated heterocycles. The number of nitrogens with two attached hydrogens (primary N) is 1. The van der Waals surface area contributed by atoms with E-state index in [9.17, 15) is 9.18 Å². The molecule has 2 N–H and O–H groups in total. The number of nitrogens with zero attached hydrogens (tertiary/aromatic N) is 1. The van der Waals surface area contributed by atoms with Crippen LogP contribution in [0.5, 0.6) is 0 Å². The highest BCUT2D eigenvalue weighted by Gasteiger charge is 2.23. The van der Waals surface area contributed by atoms with Gasteiger partial charge in [0.15, 0.2) is 0 Å². The van der Waals surface area contributed by atoms with Gasteiger partial charge in [0.05, 0.1) is 5.69 Å². The minimum atomic E-state index is -0.478. The van der Waals surface area contributed by atoms with E-state index in [2.05, 4.69) is 0 Å². The summed E-state index contributed by atoms with van der Waals surface area (Å²) in [6, 6.07) is 4.16. The molecule has 2 rings (SSSR count). The van der Waals surface area contributed by atoms with Gasteiger partial charge in [-0.1, -0.05) is 6.42 Å². The fourth-order valence-electron chi connectivity index (χ4n) is 2.20. The normalized spacial score (nSPS) is 15.2. The second-order valence-electron chi connectivity index (χ2n) is 4.88. The van der Waals surface area contributed by atoms with E-state index in [0.29, 0.717) is 18.0 Å². The summed E-state index contributed by atoms with van der Waals surface area (Å²) < 4.78 is 13.1. The van der Waals surface area contributed by atoms with Crippen molar-refractivity contribution < 1.29 is 9.18 Å². The van der Waals surface area contributed by atoms with Gasteiger partial charge in [0.25, 0.3) is 5.91 Å². The molecule has 0 spiro atoms. The molecular weight excluding hydrogens is 231 g/mol. The van der Waals surface area contributed by atoms with E-state index in [1.165, 1.54) is 37.5 Å². The molecule has 0 bridgehead atoms. The number of hydrogen-bond acceptors (Lipinski definition) is 2. The van der Waals surface area contributed by atoms with Gasteiger partial charge < -0.3 is 10.6 Å². The average Bonchev–Trinajstić information content (AvgIpc) is 2.31. The Bertz CT molecular complexity index is 443. The van der Waals surface area contributed by atoms with Crippen LogP contribution in [0.1, 0.15) is 36.5 Å². The van der Waals surface area contributed by atoms with E-state index >= 15 is 0 Å². The molecular formula is C14H19FN2O. The van der Waals surface area contributed by atoms with E-state index in [0.717, 1.165) is 6.54 Å². The smallest absolute Gasteiger partial charge is 0.253 e. The number of anilines is 1. The van der Waals surface area contributed by atoms with Crippen LogP contribution in [0.15, 0.2) is 18.2 Å². The highest BCUT2D eigenvalue weighted by Crippen LogP contribution is 2.27. The minimum Gasteiger partial charge on any atom is -0.396 e. The van der Waals surface area contributed by atoms with E-state index in [4.69, 9.17) is 5.73 Å². The lowest BCUT2D eigenvalue weighted by Crippen LogP contribution is -2.37. The van der Waals surface area contributed by atoms with Gasteiger partial charge in [-0.15, -0.1) is 0 Å². The molecule has 0 atom stereocenters. The van der Waals surface area contributed by atoms with E-state index in [1.54, 1.807) is 0 Å². The second-order valence-corrected chi connectivity index (χ2v) is 4.88. The predicted molar refractivity (Wildman–Crippen MR) is 69.7 cm³/mol. The molecule has 0 aliphatic heterocycles. The Labute approximate surface area is 107 Å². The Morgan fingerprint density at radius 3 is 2.72 bits per heavy atom. The standard InChI is InChI=1S/C14H19FN2O/c1-2-17(9-10-4-3-5-10)14(18)11-6-7-12(15)13(16)8-11/h6-8,10H,2-5,9,16H2,1H3. The highest BCUT2D eigenvalue weighted by atomic mass is 19.1. The summed E-state index contributed by atoms with van der Waals surface area (Å²) in [6.45, 7) is 3.43. The average molecular weight is 250 g/mol. The van der Waals surface area contributed by atoms with Crippen molar-refractivity contribution in [3.8, 4) is 0 Å². The topological polar surface area (TPSA) is 46.3 Å². The van der Waals surface area contributed by atoms with Gasteiger partial charge in [-0.25, -0.2) is 4.39 Å². The lowest BCUT2D eigenvalue weighted by Gasteiger charge is -2.31. The molecule has 3 nitrogen and oxygen atoms in total. The number of halogens is 1. The fraction of sp³-hybridized carbons (Fsp3) is 0.500. The van der Waals surface area contributed by atoms with Crippen LogP contribution in [0.3, 0.4) is 0 Å². The highest BCUT2D eigenvalue weighted by molar-refractivity contribution is 5.95. The summed E-state index contributed by atoms with van der Waals surface area (Å²) in [5.74, 6) is 0.0939. The van der Waals surface area contributed by atoms with Gasteiger partial charge in [0, 0.05) is 18.7 Å². The molecule has 18 heavy (non-hydrogen) atoms. The summed E-state index contributed by atoms with van der Waals surface area (Å²) in [4.78, 5) is 14.1. The maximum Gasteiger partial charge on any atom is 0.253 e. The minimum absolute atomic E-state index is 0.0283. The van der Waals surface area contributed by atoms with Gasteiger partial charge in [-0.3, -0.25) is 4.79 Å². The van der Waals surface area contributed by atoms with Crippen molar-refractivity contribution in [2.75, 3.05) is 18.8 Å². The first-order valence-corrected chi connectivity index (χ1v) is 6.46. The van der Waals surface area contributed by atoms with Crippen molar-refractivity contribution in [2.24, 2.45) is 5.92 Å². The number of carbonyl (C=O) groups excluding carboxylic acids is 1. The monoisotopic (exact) mass is 250 g/mol. The van der Waals surface area contributed by atoms with Gasteiger partial charge >= 0.3 is 0 Å². The van der Waals surface area contributed by atoms with Crippen molar-refractivity contribution in [3.05, 3.63) is 29.6 Å². The van der Waals surface area contributed by atoms with Gasteiger partial charge in [0.2, 0.25) is 0 Å². The molecule has 1 aliphatic carbocycles. The quantitative estimate of drug-likeness (QED) is 0.835. The molecule has 0 heterocycles. The van der Waals surface area contributed by atoms with Crippen molar-refractivity contribution >= 4 is 11.6 Å². The van der Waals surface area contributed by atoms with Gasteiger partial charge in [0.1, 0.15) is 5.82 Å². The molecule has 1 aliphatic rings. The van der Waals surface area contributed by atoms with Crippen LogP contribution in [0.2, 0.25) is 0 Å². The van der Waals surface area contributed by atoms with E-state index < -0.39 is 5.82 Å². The van der Waals surface area contributed by atoms with Crippen LogP contribution >= 0.6 is 0 Å². The van der Waals surface area contributed by atoms with Crippen molar-refractivity contribution in [3.63, 3.8) is 0 Å². The lowest BCUT2D eigenvalue weighted by molar-refractivity contribution is 0.0706. The third-order valence-corrected chi connectivity index (χ3v) is 3.62. The van der Waals surface area contributed by atoms with Crippen LogP contribution < -0.4 is 5.73 Å². The lowest BCUT2D eigenvalue weighted by atomic mass is 9.85. The molecule has 4 heteroatoms. The van der Waals surface area contributed by atoms with Gasteiger partial charge in [-0.2, -0.15) is 0 Å². The molecule has 1 saturated carbocycles. The summed E-state index contributed by atoms with van der Waals surface area (Å²) in [5.41, 5.74) is 5.99. The number of benzene rings is 1. The van der Waals surface area contributed by atoms with E-state index in [1.807, 2.05) is 11.8 Å². The summed E-state index contributed by atoms with van der Waals surface area (Å²) in [6.07, 6.45) is 3.67. The largest absolute Gasteiger partial charge is 0.396 e. The molecule has 1 aromatic rings. The molecule has 0 radical (unpaired) electrons. The van der Waals surface area contributed by atoms with Crippen LogP contribution in [-0.2, 0) is 0 Å². The van der Waals surface area contributed by atoms with Crippen molar-refractivity contribution in [2.45, 2.75) is 26.2 Å². The molecule has 0 unspecified atom stereocenters. The van der Waals surface area contributed by atoms with Crippen LogP contribution in [0.4, 0.5) is 10.1 Å². The molecule has 1 amide bonds. The molecule has 0 aromatic heterocycles. The predicted octanol–water partition coefficient (Wildman–Crippen LogP) is 2.67. The maximum absolute atomic E-state index is 13.1. The molecule has 98 valence electrons. The first-order valence-electron chi connectivity index (χ1n) is 6.46. The Morgan fingerprint density at radius 1 is 1.50 bits per heavy atom. The molecule has 1 aromatic carbocycles. The Kier molecular flexibility index (Phi) is 3.84. The third kappa shape index (κ3) is 2.63. The first-order chi connectivity index (χ1) is 8.61. The maximum atomic E-state index is 13.1.